The lowest BCUT2D eigenvalue weighted by atomic mass is 10.4. The molecule has 6 aromatic carbocycles. The second-order valence-corrected chi connectivity index (χ2v) is 53.1. The topological polar surface area (TPSA) is 102 Å². The summed E-state index contributed by atoms with van der Waals surface area (Å²) in [6.45, 7) is 21.5. The van der Waals surface area contributed by atoms with Crippen LogP contribution in [-0.2, 0) is 45.6 Å². The molecular weight excluding hydrogens is 1020 g/mol. The molecule has 0 amide bonds. The van der Waals surface area contributed by atoms with Gasteiger partial charge in [-0.3, -0.25) is 0 Å². The van der Waals surface area contributed by atoms with Crippen LogP contribution in [0.4, 0.5) is 0 Å². The van der Waals surface area contributed by atoms with E-state index in [9.17, 15) is 0 Å². The average Bonchev–Trinajstić information content (AvgIpc) is 3.35. The van der Waals surface area contributed by atoms with Gasteiger partial charge in [-0.1, -0.05) is 182 Å². The summed E-state index contributed by atoms with van der Waals surface area (Å²) in [6, 6.07) is 60.0. The molecule has 2 aliphatic rings. The lowest BCUT2D eigenvalue weighted by Gasteiger charge is -2.52. The molecule has 6 aromatic rings. The van der Waals surface area contributed by atoms with Gasteiger partial charge in [-0.15, -0.1) is 0 Å². The first-order chi connectivity index (χ1) is 32.2. The van der Waals surface area contributed by atoms with E-state index in [-0.39, 0.29) is 6.23 Å². The molecule has 0 aliphatic carbocycles. The molecule has 0 spiro atoms. The predicted octanol–water partition coefficient (Wildman–Crippen LogP) is 5.95. The van der Waals surface area contributed by atoms with Gasteiger partial charge in [-0.05, 0) is 70.7 Å². The van der Waals surface area contributed by atoms with Gasteiger partial charge in [0.25, 0.3) is 0 Å². The summed E-state index contributed by atoms with van der Waals surface area (Å²) in [5, 5.41) is 4.45. The van der Waals surface area contributed by atoms with Crippen molar-refractivity contribution >= 4 is 118 Å². The maximum atomic E-state index is 8.26. The maximum Gasteiger partial charge on any atom is 0.519 e. The Bertz CT molecular complexity index is 2550. The third-order valence-corrected chi connectivity index (χ3v) is 44.6. The van der Waals surface area contributed by atoms with Crippen molar-refractivity contribution in [2.24, 2.45) is 0 Å². The van der Waals surface area contributed by atoms with Gasteiger partial charge in [0.05, 0.1) is 6.23 Å². The van der Waals surface area contributed by atoms with Crippen molar-refractivity contribution in [2.75, 3.05) is 6.23 Å². The summed E-state index contributed by atoms with van der Waals surface area (Å²) in [5.41, 5.74) is 0. The normalized spacial score (nSPS) is 27.7. The Morgan fingerprint density at radius 2 is 0.779 bits per heavy atom. The maximum absolute atomic E-state index is 8.26. The number of hydrogen-bond acceptors (Lipinski definition) is 11. The van der Waals surface area contributed by atoms with Crippen molar-refractivity contribution in [2.45, 2.75) is 65.5 Å². The van der Waals surface area contributed by atoms with E-state index < -0.39 is 87.3 Å². The molecule has 2 bridgehead atoms. The average molecular weight is 1090 g/mol. The summed E-state index contributed by atoms with van der Waals surface area (Å²) in [5.74, 6) is 0. The van der Waals surface area contributed by atoms with E-state index in [1.54, 1.807) is 0 Å². The van der Waals surface area contributed by atoms with Crippen molar-refractivity contribution in [1.82, 2.24) is 0 Å². The van der Waals surface area contributed by atoms with Crippen LogP contribution in [0, 0.1) is 0 Å². The molecule has 0 aromatic heterocycles. The van der Waals surface area contributed by atoms with Crippen LogP contribution in [0.25, 0.3) is 0 Å². The fourth-order valence-electron chi connectivity index (χ4n) is 7.93. The monoisotopic (exact) mass is 1080 g/mol. The Hall–Kier alpha value is -2.95. The van der Waals surface area contributed by atoms with Gasteiger partial charge in [0, 0.05) is 25.9 Å². The van der Waals surface area contributed by atoms with E-state index in [4.69, 9.17) is 45.6 Å². The van der Waals surface area contributed by atoms with Gasteiger partial charge in [0.1, 0.15) is 0 Å². The SMILES string of the molecule is C[SiH]1CO[Si](O[Si](C)(C)C)(c2ccccc2)O[Si]2(c3ccccc3)O[Si](c3ccccc3)(O1)O[Si](O[SiH](O[Si](C)(C)C)c1ccccc1)(c1ccccc1)O[Si](O[Si](C)(C)C)(c1ccccc1)O2. The van der Waals surface area contributed by atoms with Gasteiger partial charge in [-0.2, -0.15) is 0 Å². The van der Waals surface area contributed by atoms with Crippen LogP contribution in [0.3, 0.4) is 0 Å². The summed E-state index contributed by atoms with van der Waals surface area (Å²) in [7, 11) is -35.4. The van der Waals surface area contributed by atoms with Crippen molar-refractivity contribution in [1.29, 1.82) is 0 Å². The molecular formula is C47H64O11Si10. The van der Waals surface area contributed by atoms with Crippen LogP contribution >= 0.6 is 0 Å². The van der Waals surface area contributed by atoms with Crippen molar-refractivity contribution in [3.63, 3.8) is 0 Å². The lowest BCUT2D eigenvalue weighted by molar-refractivity contribution is 0.0937. The van der Waals surface area contributed by atoms with Crippen LogP contribution in [0.15, 0.2) is 182 Å². The number of rotatable bonds is 14. The van der Waals surface area contributed by atoms with Gasteiger partial charge in [-0.25, -0.2) is 0 Å². The summed E-state index contributed by atoms with van der Waals surface area (Å²) in [4.78, 5) is 0. The molecule has 0 radical (unpaired) electrons. The molecule has 358 valence electrons. The highest BCUT2D eigenvalue weighted by Gasteiger charge is 2.74. The first-order valence-electron chi connectivity index (χ1n) is 23.2. The first kappa shape index (κ1) is 51.4. The Morgan fingerprint density at radius 1 is 0.412 bits per heavy atom. The van der Waals surface area contributed by atoms with Gasteiger partial charge in [0.2, 0.25) is 0 Å². The molecule has 8 rings (SSSR count). The molecule has 2 heterocycles. The fourth-order valence-corrected chi connectivity index (χ4v) is 49.4. The predicted molar refractivity (Wildman–Crippen MR) is 292 cm³/mol. The zero-order chi connectivity index (χ0) is 48.3. The minimum atomic E-state index is -4.68. The van der Waals surface area contributed by atoms with E-state index in [1.165, 1.54) is 0 Å². The van der Waals surface area contributed by atoms with E-state index in [2.05, 4.69) is 77.6 Å². The van der Waals surface area contributed by atoms with Crippen LogP contribution in [0.5, 0.6) is 0 Å². The van der Waals surface area contributed by atoms with Crippen molar-refractivity contribution in [3.05, 3.63) is 182 Å². The standard InChI is InChI=1S/C47H64O11Si10/c1-59-41-48-64(52-62(5,6)7,43-31-19-12-20-32-43)54-68(47-39-27-16-28-40-47)56-65(49-59,44-33-21-13-22-34-44)55-66(45-35-23-14-24-36-45,51-60(50-61(2,3)4)42-29-17-11-18-30-42)57-67(58-68,53-63(8,9)10)46-37-25-15-26-38-46/h11-40,59-60H,41H2,1-10H3. The van der Waals surface area contributed by atoms with Crippen molar-refractivity contribution in [3.8, 4) is 0 Å². The Morgan fingerprint density at radius 3 is 1.24 bits per heavy atom. The molecule has 21 heteroatoms. The molecule has 2 aliphatic heterocycles. The summed E-state index contributed by atoms with van der Waals surface area (Å²) < 4.78 is 86.3. The van der Waals surface area contributed by atoms with Crippen LogP contribution in [0.2, 0.25) is 65.5 Å². The number of fused-ring (bicyclic) bond motifs is 2. The van der Waals surface area contributed by atoms with Crippen molar-refractivity contribution < 1.29 is 45.6 Å². The van der Waals surface area contributed by atoms with Gasteiger partial charge in [0.15, 0.2) is 34.0 Å². The number of benzene rings is 6. The molecule has 0 saturated carbocycles. The second kappa shape index (κ2) is 20.6. The van der Waals surface area contributed by atoms with E-state index in [0.29, 0.717) is 20.7 Å². The Kier molecular flexibility index (Phi) is 15.6. The molecule has 2 fully saturated rings. The lowest BCUT2D eigenvalue weighted by Crippen LogP contribution is -2.85. The highest BCUT2D eigenvalue weighted by atomic mass is 28.6. The highest BCUT2D eigenvalue weighted by molar-refractivity contribution is 7.06. The quantitative estimate of drug-likeness (QED) is 0.121. The second-order valence-electron chi connectivity index (χ2n) is 19.9. The van der Waals surface area contributed by atoms with Gasteiger partial charge < -0.3 is 45.6 Å². The smallest absolute Gasteiger partial charge is 0.435 e. The zero-order valence-electron chi connectivity index (χ0n) is 40.7. The van der Waals surface area contributed by atoms with Crippen LogP contribution in [-0.4, -0.2) is 93.5 Å². The van der Waals surface area contributed by atoms with E-state index >= 15 is 0 Å². The molecule has 2 saturated heterocycles. The minimum Gasteiger partial charge on any atom is -0.435 e. The minimum absolute atomic E-state index is 0.216. The zero-order valence-corrected chi connectivity index (χ0v) is 51.0. The van der Waals surface area contributed by atoms with Gasteiger partial charge >= 0.3 is 53.3 Å². The highest BCUT2D eigenvalue weighted by Crippen LogP contribution is 2.38. The molecule has 0 N–H and O–H groups in total. The third-order valence-electron chi connectivity index (χ3n) is 10.5. The Balaban J connectivity index is 1.54. The van der Waals surface area contributed by atoms with Crippen LogP contribution < -0.4 is 31.1 Å². The molecule has 7 atom stereocenters. The third kappa shape index (κ3) is 12.0. The van der Waals surface area contributed by atoms with E-state index in [0.717, 1.165) is 10.4 Å². The van der Waals surface area contributed by atoms with E-state index in [1.807, 2.05) is 170 Å². The molecule has 68 heavy (non-hydrogen) atoms. The molecule has 7 unspecified atom stereocenters. The molecule has 11 nitrogen and oxygen atoms in total. The first-order valence-corrected chi connectivity index (χ1v) is 46.0. The Labute approximate surface area is 415 Å². The number of hydrogen-bond donors (Lipinski definition) is 0. The summed E-state index contributed by atoms with van der Waals surface area (Å²) in [6.07, 6.45) is 0.216. The van der Waals surface area contributed by atoms with Crippen LogP contribution in [0.1, 0.15) is 0 Å². The largest absolute Gasteiger partial charge is 0.519 e. The fraction of sp³-hybridized carbons (Fsp3) is 0.234. The summed E-state index contributed by atoms with van der Waals surface area (Å²) >= 11 is 0.